The first-order valence-corrected chi connectivity index (χ1v) is 8.48. The first-order chi connectivity index (χ1) is 12.1. The Kier molecular flexibility index (Phi) is 5.43. The van der Waals surface area contributed by atoms with Crippen LogP contribution in [0.5, 0.6) is 11.5 Å². The Morgan fingerprint density at radius 3 is 2.76 bits per heavy atom. The van der Waals surface area contributed by atoms with Crippen LogP contribution in [0.1, 0.15) is 24.9 Å². The van der Waals surface area contributed by atoms with Gasteiger partial charge < -0.3 is 15.2 Å². The molecular formula is C18H20ClN3O3. The minimum absolute atomic E-state index is 0.149. The third kappa shape index (κ3) is 4.22. The molecule has 3 rings (SSSR count). The number of hydrazine groups is 1. The first-order valence-electron chi connectivity index (χ1n) is 8.10. The highest BCUT2D eigenvalue weighted by Crippen LogP contribution is 2.32. The molecule has 2 atom stereocenters. The smallest absolute Gasteiger partial charge is 0.242 e. The normalized spacial score (nSPS) is 19.6. The van der Waals surface area contributed by atoms with Crippen LogP contribution in [0.3, 0.4) is 0 Å². The number of phenols is 1. The van der Waals surface area contributed by atoms with E-state index in [9.17, 15) is 9.90 Å². The predicted octanol–water partition coefficient (Wildman–Crippen LogP) is 2.99. The van der Waals surface area contributed by atoms with Crippen LogP contribution in [-0.2, 0) is 4.79 Å². The van der Waals surface area contributed by atoms with Crippen LogP contribution >= 0.6 is 11.6 Å². The highest BCUT2D eigenvalue weighted by Gasteiger charge is 2.31. The summed E-state index contributed by atoms with van der Waals surface area (Å²) in [6.45, 7) is 2.52. The van der Waals surface area contributed by atoms with Gasteiger partial charge in [0.15, 0.2) is 0 Å². The number of phenolic OH excluding ortho intramolecular Hbond substituents is 1. The van der Waals surface area contributed by atoms with Crippen molar-refractivity contribution in [3.05, 3.63) is 53.1 Å². The molecule has 2 unspecified atom stereocenters. The Morgan fingerprint density at radius 1 is 1.28 bits per heavy atom. The Bertz CT molecular complexity index is 752. The van der Waals surface area contributed by atoms with Crippen molar-refractivity contribution in [2.24, 2.45) is 0 Å². The van der Waals surface area contributed by atoms with Crippen molar-refractivity contribution < 1.29 is 14.6 Å². The van der Waals surface area contributed by atoms with Gasteiger partial charge in [-0.05, 0) is 55.8 Å². The van der Waals surface area contributed by atoms with E-state index in [1.807, 2.05) is 19.1 Å². The summed E-state index contributed by atoms with van der Waals surface area (Å²) in [5.74, 6) is 0.759. The van der Waals surface area contributed by atoms with Crippen LogP contribution in [0.15, 0.2) is 42.5 Å². The lowest BCUT2D eigenvalue weighted by molar-refractivity contribution is -0.117. The van der Waals surface area contributed by atoms with Gasteiger partial charge in [0, 0.05) is 16.3 Å². The molecule has 1 fully saturated rings. The van der Waals surface area contributed by atoms with E-state index in [1.54, 1.807) is 30.3 Å². The number of benzene rings is 2. The molecule has 1 amide bonds. The molecule has 1 heterocycles. The molecule has 1 saturated heterocycles. The van der Waals surface area contributed by atoms with E-state index < -0.39 is 6.04 Å². The van der Waals surface area contributed by atoms with Crippen molar-refractivity contribution >= 4 is 23.2 Å². The van der Waals surface area contributed by atoms with Crippen molar-refractivity contribution in [2.45, 2.75) is 25.4 Å². The zero-order chi connectivity index (χ0) is 17.8. The fourth-order valence-electron chi connectivity index (χ4n) is 2.77. The second kappa shape index (κ2) is 7.74. The van der Waals surface area contributed by atoms with E-state index in [0.717, 1.165) is 5.75 Å². The minimum atomic E-state index is -0.421. The van der Waals surface area contributed by atoms with Gasteiger partial charge in [-0.1, -0.05) is 11.6 Å². The third-order valence-electron chi connectivity index (χ3n) is 4.02. The van der Waals surface area contributed by atoms with Gasteiger partial charge in [0.05, 0.1) is 12.6 Å². The Labute approximate surface area is 151 Å². The summed E-state index contributed by atoms with van der Waals surface area (Å²) in [7, 11) is 0. The van der Waals surface area contributed by atoms with E-state index in [4.69, 9.17) is 16.3 Å². The maximum atomic E-state index is 12.4. The molecule has 7 heteroatoms. The number of aromatic hydroxyl groups is 1. The number of hydrogen-bond acceptors (Lipinski definition) is 5. The van der Waals surface area contributed by atoms with E-state index in [0.29, 0.717) is 29.3 Å². The molecular weight excluding hydrogens is 342 g/mol. The summed E-state index contributed by atoms with van der Waals surface area (Å²) in [4.78, 5) is 12.4. The van der Waals surface area contributed by atoms with Gasteiger partial charge in [-0.2, -0.15) is 0 Å². The fraction of sp³-hybridized carbons (Fsp3) is 0.278. The van der Waals surface area contributed by atoms with E-state index >= 15 is 0 Å². The molecule has 0 saturated carbocycles. The van der Waals surface area contributed by atoms with Crippen LogP contribution < -0.4 is 20.9 Å². The summed E-state index contributed by atoms with van der Waals surface area (Å²) in [6, 6.07) is 11.5. The van der Waals surface area contributed by atoms with Crippen LogP contribution in [0, 0.1) is 0 Å². The maximum Gasteiger partial charge on any atom is 0.242 e. The van der Waals surface area contributed by atoms with Crippen molar-refractivity contribution in [1.29, 1.82) is 0 Å². The fourth-order valence-corrected chi connectivity index (χ4v) is 2.95. The van der Waals surface area contributed by atoms with Gasteiger partial charge in [0.2, 0.25) is 5.91 Å². The summed E-state index contributed by atoms with van der Waals surface area (Å²) in [5.41, 5.74) is 7.36. The number of halogens is 1. The first kappa shape index (κ1) is 17.5. The Morgan fingerprint density at radius 2 is 2.04 bits per heavy atom. The van der Waals surface area contributed by atoms with Crippen molar-refractivity contribution in [2.75, 3.05) is 11.9 Å². The third-order valence-corrected chi connectivity index (χ3v) is 4.25. The number of amides is 1. The molecule has 2 aromatic carbocycles. The van der Waals surface area contributed by atoms with Crippen LogP contribution in [0.25, 0.3) is 0 Å². The molecule has 0 spiro atoms. The topological polar surface area (TPSA) is 82.6 Å². The lowest BCUT2D eigenvalue weighted by atomic mass is 10.0. The monoisotopic (exact) mass is 361 g/mol. The van der Waals surface area contributed by atoms with Gasteiger partial charge in [-0.25, -0.2) is 10.9 Å². The van der Waals surface area contributed by atoms with Crippen molar-refractivity contribution in [1.82, 2.24) is 10.9 Å². The highest BCUT2D eigenvalue weighted by atomic mass is 35.5. The average molecular weight is 362 g/mol. The summed E-state index contributed by atoms with van der Waals surface area (Å²) < 4.78 is 5.38. The van der Waals surface area contributed by atoms with Crippen molar-refractivity contribution in [3.63, 3.8) is 0 Å². The molecule has 1 aliphatic rings. The number of carbonyl (C=O) groups excluding carboxylic acids is 1. The molecule has 0 aliphatic carbocycles. The number of hydrogen-bond donors (Lipinski definition) is 4. The number of carbonyl (C=O) groups is 1. The van der Waals surface area contributed by atoms with Gasteiger partial charge in [-0.15, -0.1) is 0 Å². The van der Waals surface area contributed by atoms with E-state index in [-0.39, 0.29) is 17.7 Å². The molecule has 0 radical (unpaired) electrons. The minimum Gasteiger partial charge on any atom is -0.508 e. The molecule has 2 aromatic rings. The Balaban J connectivity index is 1.61. The number of ether oxygens (including phenoxy) is 1. The quantitative estimate of drug-likeness (QED) is 0.658. The standard InChI is InChI=1S/C18H20ClN3O3/c1-2-25-13-6-4-12(5-7-13)20-18(24)16-10-15(21-22-16)14-9-11(19)3-8-17(14)23/h3-9,15-16,21-23H,2,10H2,1H3,(H,20,24). The van der Waals surface area contributed by atoms with Crippen LogP contribution in [0.4, 0.5) is 5.69 Å². The van der Waals surface area contributed by atoms with Crippen LogP contribution in [-0.4, -0.2) is 23.7 Å². The zero-order valence-electron chi connectivity index (χ0n) is 13.8. The number of rotatable bonds is 5. The second-order valence-electron chi connectivity index (χ2n) is 5.78. The Hall–Kier alpha value is -2.28. The SMILES string of the molecule is CCOc1ccc(NC(=O)C2CC(c3cc(Cl)ccc3O)NN2)cc1. The molecule has 1 aliphatic heterocycles. The number of anilines is 1. The van der Waals surface area contributed by atoms with Crippen molar-refractivity contribution in [3.8, 4) is 11.5 Å². The molecule has 6 nitrogen and oxygen atoms in total. The maximum absolute atomic E-state index is 12.4. The van der Waals surface area contributed by atoms with Crippen LogP contribution in [0.2, 0.25) is 5.02 Å². The molecule has 0 bridgehead atoms. The lowest BCUT2D eigenvalue weighted by Crippen LogP contribution is -2.39. The molecule has 4 N–H and O–H groups in total. The lowest BCUT2D eigenvalue weighted by Gasteiger charge is -2.12. The molecule has 25 heavy (non-hydrogen) atoms. The highest BCUT2D eigenvalue weighted by molar-refractivity contribution is 6.30. The van der Waals surface area contributed by atoms with E-state index in [1.165, 1.54) is 0 Å². The number of nitrogens with one attached hydrogen (secondary N) is 3. The predicted molar refractivity (Wildman–Crippen MR) is 96.8 cm³/mol. The largest absolute Gasteiger partial charge is 0.508 e. The zero-order valence-corrected chi connectivity index (χ0v) is 14.5. The van der Waals surface area contributed by atoms with Gasteiger partial charge in [-0.3, -0.25) is 4.79 Å². The summed E-state index contributed by atoms with van der Waals surface area (Å²) in [6.07, 6.45) is 0.497. The summed E-state index contributed by atoms with van der Waals surface area (Å²) >= 11 is 5.99. The molecule has 132 valence electrons. The van der Waals surface area contributed by atoms with Gasteiger partial charge in [0.25, 0.3) is 0 Å². The van der Waals surface area contributed by atoms with Gasteiger partial charge in [0.1, 0.15) is 17.5 Å². The second-order valence-corrected chi connectivity index (χ2v) is 6.22. The van der Waals surface area contributed by atoms with Gasteiger partial charge >= 0.3 is 0 Å². The van der Waals surface area contributed by atoms with E-state index in [2.05, 4.69) is 16.2 Å². The summed E-state index contributed by atoms with van der Waals surface area (Å²) in [5, 5.41) is 13.4. The average Bonchev–Trinajstić information content (AvgIpc) is 3.09. The molecule has 0 aromatic heterocycles.